The Bertz CT molecular complexity index is 732. The minimum atomic E-state index is -3.66. The molecule has 0 unspecified atom stereocenters. The molecule has 1 aromatic rings. The first-order chi connectivity index (χ1) is 10.8. The van der Waals surface area contributed by atoms with Crippen LogP contribution in [0.2, 0.25) is 0 Å². The van der Waals surface area contributed by atoms with Crippen molar-refractivity contribution >= 4 is 15.7 Å². The molecule has 0 aliphatic heterocycles. The number of nitrogens with zero attached hydrogens (tertiary/aromatic N) is 1. The monoisotopic (exact) mass is 338 g/mol. The molecule has 0 aromatic heterocycles. The molecular formula is C16H22N2O4S. The van der Waals surface area contributed by atoms with Gasteiger partial charge in [0, 0.05) is 18.2 Å². The van der Waals surface area contributed by atoms with Gasteiger partial charge in [-0.2, -0.15) is 0 Å². The van der Waals surface area contributed by atoms with Crippen LogP contribution in [0.5, 0.6) is 0 Å². The van der Waals surface area contributed by atoms with E-state index in [-0.39, 0.29) is 16.6 Å². The van der Waals surface area contributed by atoms with E-state index in [0.29, 0.717) is 17.4 Å². The highest BCUT2D eigenvalue weighted by atomic mass is 32.2. The fourth-order valence-corrected chi connectivity index (χ4v) is 5.87. The number of nitro benzene ring substituents is 1. The van der Waals surface area contributed by atoms with E-state index in [1.54, 1.807) is 6.92 Å². The summed E-state index contributed by atoms with van der Waals surface area (Å²) in [6, 6.07) is 3.76. The Morgan fingerprint density at radius 3 is 2.57 bits per heavy atom. The number of nitro groups is 1. The number of rotatable bonds is 5. The van der Waals surface area contributed by atoms with Gasteiger partial charge in [0.05, 0.1) is 9.82 Å². The van der Waals surface area contributed by atoms with E-state index in [1.807, 2.05) is 6.92 Å². The maximum Gasteiger partial charge on any atom is 0.269 e. The van der Waals surface area contributed by atoms with Gasteiger partial charge in [-0.3, -0.25) is 10.1 Å². The van der Waals surface area contributed by atoms with Crippen molar-refractivity contribution in [3.63, 3.8) is 0 Å². The first-order valence-corrected chi connectivity index (χ1v) is 9.53. The number of aryl methyl sites for hydroxylation is 1. The minimum absolute atomic E-state index is 0.0948. The van der Waals surface area contributed by atoms with Crippen LogP contribution in [0.4, 0.5) is 5.69 Å². The average Bonchev–Trinajstić information content (AvgIpc) is 3.08. The van der Waals surface area contributed by atoms with Crippen molar-refractivity contribution in [1.82, 2.24) is 4.72 Å². The number of sulfonamides is 1. The molecule has 0 saturated heterocycles. The average molecular weight is 338 g/mol. The van der Waals surface area contributed by atoms with Crippen LogP contribution in [-0.2, 0) is 10.0 Å². The molecule has 2 aliphatic rings. The fourth-order valence-electron chi connectivity index (χ4n) is 4.35. The molecule has 2 saturated carbocycles. The van der Waals surface area contributed by atoms with Gasteiger partial charge in [-0.25, -0.2) is 13.1 Å². The third-order valence-electron chi connectivity index (χ3n) is 5.43. The Kier molecular flexibility index (Phi) is 4.18. The van der Waals surface area contributed by atoms with Crippen LogP contribution in [0, 0.1) is 34.8 Å². The summed E-state index contributed by atoms with van der Waals surface area (Å²) in [5.41, 5.74) is 0.300. The van der Waals surface area contributed by atoms with E-state index in [2.05, 4.69) is 4.72 Å². The zero-order valence-electron chi connectivity index (χ0n) is 13.4. The summed E-state index contributed by atoms with van der Waals surface area (Å²) >= 11 is 0. The lowest BCUT2D eigenvalue weighted by atomic mass is 9.84. The summed E-state index contributed by atoms with van der Waals surface area (Å²) in [6.45, 7) is 3.52. The van der Waals surface area contributed by atoms with Gasteiger partial charge in [0.2, 0.25) is 10.0 Å². The van der Waals surface area contributed by atoms with Crippen LogP contribution >= 0.6 is 0 Å². The van der Waals surface area contributed by atoms with Crippen LogP contribution in [-0.4, -0.2) is 19.4 Å². The van der Waals surface area contributed by atoms with E-state index in [9.17, 15) is 18.5 Å². The molecule has 6 nitrogen and oxygen atoms in total. The molecular weight excluding hydrogens is 316 g/mol. The second-order valence-corrected chi connectivity index (χ2v) is 8.64. The van der Waals surface area contributed by atoms with Crippen molar-refractivity contribution in [2.75, 3.05) is 0 Å². The molecule has 0 radical (unpaired) electrons. The number of benzene rings is 1. The second kappa shape index (κ2) is 5.87. The lowest BCUT2D eigenvalue weighted by Gasteiger charge is -2.28. The van der Waals surface area contributed by atoms with Crippen molar-refractivity contribution in [1.29, 1.82) is 0 Å². The maximum absolute atomic E-state index is 12.6. The Labute approximate surface area is 136 Å². The first kappa shape index (κ1) is 16.4. The molecule has 7 heteroatoms. The summed E-state index contributed by atoms with van der Waals surface area (Å²) in [5, 5.41) is 10.8. The van der Waals surface area contributed by atoms with Crippen molar-refractivity contribution in [3.05, 3.63) is 33.9 Å². The molecule has 0 amide bonds. The van der Waals surface area contributed by atoms with E-state index < -0.39 is 14.9 Å². The van der Waals surface area contributed by atoms with Crippen LogP contribution in [0.1, 0.15) is 38.2 Å². The zero-order chi connectivity index (χ0) is 16.8. The molecule has 1 aromatic carbocycles. The first-order valence-electron chi connectivity index (χ1n) is 8.05. The van der Waals surface area contributed by atoms with Gasteiger partial charge >= 0.3 is 0 Å². The number of fused-ring (bicyclic) bond motifs is 2. The second-order valence-electron chi connectivity index (χ2n) is 6.96. The summed E-state index contributed by atoms with van der Waals surface area (Å²) in [5.74, 6) is 1.80. The molecule has 23 heavy (non-hydrogen) atoms. The quantitative estimate of drug-likeness (QED) is 0.660. The Morgan fingerprint density at radius 2 is 2.04 bits per heavy atom. The zero-order valence-corrected chi connectivity index (χ0v) is 14.2. The summed E-state index contributed by atoms with van der Waals surface area (Å²) in [7, 11) is -3.66. The highest BCUT2D eigenvalue weighted by Crippen LogP contribution is 2.49. The maximum atomic E-state index is 12.6. The molecule has 2 fully saturated rings. The number of hydrogen-bond donors (Lipinski definition) is 1. The van der Waals surface area contributed by atoms with Gasteiger partial charge in [0.1, 0.15) is 0 Å². The number of nitrogens with one attached hydrogen (secondary N) is 1. The molecule has 4 atom stereocenters. The van der Waals surface area contributed by atoms with Gasteiger partial charge < -0.3 is 0 Å². The molecule has 126 valence electrons. The molecule has 2 aliphatic carbocycles. The lowest BCUT2D eigenvalue weighted by molar-refractivity contribution is -0.385. The smallest absolute Gasteiger partial charge is 0.258 e. The van der Waals surface area contributed by atoms with E-state index in [4.69, 9.17) is 0 Å². The van der Waals surface area contributed by atoms with Crippen molar-refractivity contribution < 1.29 is 13.3 Å². The van der Waals surface area contributed by atoms with E-state index in [1.165, 1.54) is 37.5 Å². The van der Waals surface area contributed by atoms with Gasteiger partial charge in [-0.05, 0) is 62.5 Å². The normalized spacial score (nSPS) is 28.0. The Morgan fingerprint density at radius 1 is 1.30 bits per heavy atom. The van der Waals surface area contributed by atoms with Crippen LogP contribution in [0.15, 0.2) is 23.1 Å². The molecule has 2 bridgehead atoms. The highest BCUT2D eigenvalue weighted by molar-refractivity contribution is 7.89. The van der Waals surface area contributed by atoms with Crippen molar-refractivity contribution in [2.45, 2.75) is 50.5 Å². The van der Waals surface area contributed by atoms with Gasteiger partial charge in [0.25, 0.3) is 5.69 Å². The number of hydrogen-bond acceptors (Lipinski definition) is 4. The van der Waals surface area contributed by atoms with Crippen molar-refractivity contribution in [2.24, 2.45) is 17.8 Å². The molecule has 0 spiro atoms. The van der Waals surface area contributed by atoms with Gasteiger partial charge in [-0.15, -0.1) is 0 Å². The van der Waals surface area contributed by atoms with Gasteiger partial charge in [-0.1, -0.05) is 6.42 Å². The number of non-ortho nitro benzene ring substituents is 1. The Hall–Kier alpha value is -1.47. The van der Waals surface area contributed by atoms with E-state index >= 15 is 0 Å². The fraction of sp³-hybridized carbons (Fsp3) is 0.625. The minimum Gasteiger partial charge on any atom is -0.258 e. The topological polar surface area (TPSA) is 89.3 Å². The molecule has 0 heterocycles. The summed E-state index contributed by atoms with van der Waals surface area (Å²) in [6.07, 6.45) is 4.82. The molecule has 1 N–H and O–H groups in total. The third-order valence-corrected chi connectivity index (χ3v) is 7.15. The predicted molar refractivity (Wildman–Crippen MR) is 86.6 cm³/mol. The summed E-state index contributed by atoms with van der Waals surface area (Å²) in [4.78, 5) is 10.4. The van der Waals surface area contributed by atoms with Crippen LogP contribution in [0.3, 0.4) is 0 Å². The predicted octanol–water partition coefficient (Wildman–Crippen LogP) is 3.01. The van der Waals surface area contributed by atoms with Crippen molar-refractivity contribution in [3.8, 4) is 0 Å². The summed E-state index contributed by atoms with van der Waals surface area (Å²) < 4.78 is 28.0. The van der Waals surface area contributed by atoms with Crippen LogP contribution < -0.4 is 4.72 Å². The SMILES string of the molecule is Cc1cc([N+](=O)[O-])ccc1S(=O)(=O)N[C@@H](C)[C@H]1C[C@H]2CC[C@H]1C2. The van der Waals surface area contributed by atoms with E-state index in [0.717, 1.165) is 12.3 Å². The van der Waals surface area contributed by atoms with Gasteiger partial charge in [0.15, 0.2) is 0 Å². The molecule has 3 rings (SSSR count). The third kappa shape index (κ3) is 3.12. The lowest BCUT2D eigenvalue weighted by Crippen LogP contribution is -2.40. The standard InChI is InChI=1S/C16H22N2O4S/c1-10-7-14(18(19)20)5-6-16(10)23(21,22)17-11(2)15-9-12-3-4-13(15)8-12/h5-7,11-13,15,17H,3-4,8-9H2,1-2H3/t11-,12-,13-,15+/m0/s1. The largest absolute Gasteiger partial charge is 0.269 e. The van der Waals surface area contributed by atoms with Crippen LogP contribution in [0.25, 0.3) is 0 Å². The highest BCUT2D eigenvalue weighted by Gasteiger charge is 2.42. The Balaban J connectivity index is 1.77.